The van der Waals surface area contributed by atoms with Gasteiger partial charge >= 0.3 is 0 Å². The first kappa shape index (κ1) is 15.5. The molecule has 0 saturated heterocycles. The fraction of sp³-hybridized carbons (Fsp3) is 0.538. The Labute approximate surface area is 89.1 Å². The van der Waals surface area contributed by atoms with Crippen LogP contribution in [0.25, 0.3) is 0 Å². The zero-order valence-electron chi connectivity index (χ0n) is 9.08. The maximum absolute atomic E-state index is 5.47. The zero-order valence-corrected chi connectivity index (χ0v) is 9.08. The van der Waals surface area contributed by atoms with Gasteiger partial charge in [0.25, 0.3) is 0 Å². The van der Waals surface area contributed by atoms with Crippen LogP contribution in [0, 0.1) is 5.92 Å². The molecule has 1 nitrogen and oxygen atoms in total. The smallest absolute Gasteiger partial charge is 0.119 e. The second-order valence-electron chi connectivity index (χ2n) is 3.02. The molecule has 0 fully saturated rings. The summed E-state index contributed by atoms with van der Waals surface area (Å²) in [5, 5.41) is 0. The van der Waals surface area contributed by atoms with Gasteiger partial charge in [-0.1, -0.05) is 53.3 Å². The van der Waals surface area contributed by atoms with Crippen LogP contribution >= 0.6 is 0 Å². The van der Waals surface area contributed by atoms with E-state index < -0.39 is 0 Å². The molecule has 0 heterocycles. The van der Waals surface area contributed by atoms with Crippen molar-refractivity contribution in [1.82, 2.24) is 0 Å². The van der Waals surface area contributed by atoms with Gasteiger partial charge in [-0.2, -0.15) is 0 Å². The van der Waals surface area contributed by atoms with Gasteiger partial charge in [-0.3, -0.25) is 0 Å². The van der Waals surface area contributed by atoms with Crippen LogP contribution in [0.3, 0.4) is 0 Å². The minimum atomic E-state index is 0. The summed E-state index contributed by atoms with van der Waals surface area (Å²) < 4.78 is 5.47. The highest BCUT2D eigenvalue weighted by Crippen LogP contribution is 2.09. The van der Waals surface area contributed by atoms with E-state index in [1.807, 2.05) is 44.2 Å². The summed E-state index contributed by atoms with van der Waals surface area (Å²) in [6.07, 6.45) is 0. The van der Waals surface area contributed by atoms with Crippen molar-refractivity contribution in [3.63, 3.8) is 0 Å². The fourth-order valence-electron chi connectivity index (χ4n) is 0.780. The Morgan fingerprint density at radius 1 is 1.07 bits per heavy atom. The molecule has 0 bridgehead atoms. The number of benzene rings is 1. The van der Waals surface area contributed by atoms with E-state index in [2.05, 4.69) is 13.8 Å². The van der Waals surface area contributed by atoms with Crippen LogP contribution in [0.15, 0.2) is 30.3 Å². The predicted molar refractivity (Wildman–Crippen MR) is 64.9 cm³/mol. The molecule has 0 saturated carbocycles. The fourth-order valence-corrected chi connectivity index (χ4v) is 0.780. The van der Waals surface area contributed by atoms with Crippen molar-refractivity contribution in [2.45, 2.75) is 35.1 Å². The first-order chi connectivity index (χ1) is 6.29. The molecule has 1 aromatic rings. The Kier molecular flexibility index (Phi) is 11.2. The van der Waals surface area contributed by atoms with Crippen molar-refractivity contribution >= 4 is 0 Å². The molecule has 0 aliphatic rings. The Morgan fingerprint density at radius 2 is 1.57 bits per heavy atom. The molecule has 0 radical (unpaired) electrons. The SMILES string of the molecule is C.CC.CC(C)COc1ccccc1. The van der Waals surface area contributed by atoms with Crippen molar-refractivity contribution in [3.05, 3.63) is 30.3 Å². The summed E-state index contributed by atoms with van der Waals surface area (Å²) in [4.78, 5) is 0. The van der Waals surface area contributed by atoms with Crippen LogP contribution in [0.1, 0.15) is 35.1 Å². The largest absolute Gasteiger partial charge is 0.493 e. The quantitative estimate of drug-likeness (QED) is 0.697. The minimum absolute atomic E-state index is 0. The standard InChI is InChI=1S/C10H14O.C2H6.CH4/c1-9(2)8-11-10-6-4-3-5-7-10;1-2;/h3-7,9H,8H2,1-2H3;1-2H3;1H4. The van der Waals surface area contributed by atoms with E-state index in [4.69, 9.17) is 4.74 Å². The van der Waals surface area contributed by atoms with Crippen molar-refractivity contribution < 1.29 is 4.74 Å². The van der Waals surface area contributed by atoms with Crippen LogP contribution in [0.5, 0.6) is 5.75 Å². The first-order valence-corrected chi connectivity index (χ1v) is 4.97. The van der Waals surface area contributed by atoms with Gasteiger partial charge in [0.1, 0.15) is 5.75 Å². The lowest BCUT2D eigenvalue weighted by Gasteiger charge is -2.07. The lowest BCUT2D eigenvalue weighted by molar-refractivity contribution is 0.271. The number of ether oxygens (including phenoxy) is 1. The van der Waals surface area contributed by atoms with E-state index >= 15 is 0 Å². The Bertz CT molecular complexity index is 192. The molecule has 0 amide bonds. The Morgan fingerprint density at radius 3 is 2.00 bits per heavy atom. The second kappa shape index (κ2) is 10.1. The van der Waals surface area contributed by atoms with Gasteiger partial charge < -0.3 is 4.74 Å². The average Bonchev–Trinajstić information content (AvgIpc) is 2.19. The predicted octanol–water partition coefficient (Wildman–Crippen LogP) is 4.38. The molecule has 0 spiro atoms. The van der Waals surface area contributed by atoms with E-state index in [1.54, 1.807) is 0 Å². The van der Waals surface area contributed by atoms with Gasteiger partial charge in [0.05, 0.1) is 6.61 Å². The monoisotopic (exact) mass is 196 g/mol. The lowest BCUT2D eigenvalue weighted by Crippen LogP contribution is -2.03. The number of hydrogen-bond donors (Lipinski definition) is 0. The summed E-state index contributed by atoms with van der Waals surface area (Å²) in [6.45, 7) is 9.08. The van der Waals surface area contributed by atoms with Gasteiger partial charge in [0.15, 0.2) is 0 Å². The Balaban J connectivity index is 0. The van der Waals surface area contributed by atoms with E-state index in [1.165, 1.54) is 0 Å². The molecule has 0 aliphatic carbocycles. The molecule has 0 unspecified atom stereocenters. The van der Waals surface area contributed by atoms with Crippen LogP contribution in [-0.4, -0.2) is 6.61 Å². The molecular weight excluding hydrogens is 172 g/mol. The molecule has 1 rings (SSSR count). The molecule has 0 N–H and O–H groups in total. The zero-order chi connectivity index (χ0) is 10.1. The average molecular weight is 196 g/mol. The van der Waals surface area contributed by atoms with Gasteiger partial charge in [0.2, 0.25) is 0 Å². The van der Waals surface area contributed by atoms with Crippen molar-refractivity contribution in [1.29, 1.82) is 0 Å². The van der Waals surface area contributed by atoms with E-state index in [0.717, 1.165) is 12.4 Å². The summed E-state index contributed by atoms with van der Waals surface area (Å²) in [6, 6.07) is 9.90. The maximum Gasteiger partial charge on any atom is 0.119 e. The van der Waals surface area contributed by atoms with Crippen LogP contribution in [-0.2, 0) is 0 Å². The molecule has 14 heavy (non-hydrogen) atoms. The summed E-state index contributed by atoms with van der Waals surface area (Å²) in [5.41, 5.74) is 0. The van der Waals surface area contributed by atoms with Crippen molar-refractivity contribution in [2.24, 2.45) is 5.92 Å². The number of rotatable bonds is 3. The molecule has 1 heteroatoms. The molecule has 0 atom stereocenters. The highest BCUT2D eigenvalue weighted by atomic mass is 16.5. The van der Waals surface area contributed by atoms with Crippen molar-refractivity contribution in [2.75, 3.05) is 6.61 Å². The Hall–Kier alpha value is -0.980. The van der Waals surface area contributed by atoms with Crippen LogP contribution in [0.2, 0.25) is 0 Å². The normalized spacial score (nSPS) is 8.36. The third-order valence-electron chi connectivity index (χ3n) is 1.33. The highest BCUT2D eigenvalue weighted by Gasteiger charge is 1.94. The highest BCUT2D eigenvalue weighted by molar-refractivity contribution is 5.20. The van der Waals surface area contributed by atoms with Crippen LogP contribution in [0.4, 0.5) is 0 Å². The second-order valence-corrected chi connectivity index (χ2v) is 3.02. The molecular formula is C13H24O. The van der Waals surface area contributed by atoms with E-state index in [-0.39, 0.29) is 7.43 Å². The van der Waals surface area contributed by atoms with E-state index in [0.29, 0.717) is 5.92 Å². The van der Waals surface area contributed by atoms with Gasteiger partial charge in [0, 0.05) is 0 Å². The van der Waals surface area contributed by atoms with E-state index in [9.17, 15) is 0 Å². The summed E-state index contributed by atoms with van der Waals surface area (Å²) >= 11 is 0. The maximum atomic E-state index is 5.47. The van der Waals surface area contributed by atoms with Crippen molar-refractivity contribution in [3.8, 4) is 5.75 Å². The first-order valence-electron chi connectivity index (χ1n) is 4.97. The molecule has 1 aromatic carbocycles. The van der Waals surface area contributed by atoms with Gasteiger partial charge in [-0.25, -0.2) is 0 Å². The van der Waals surface area contributed by atoms with Gasteiger partial charge in [-0.15, -0.1) is 0 Å². The third-order valence-corrected chi connectivity index (χ3v) is 1.33. The van der Waals surface area contributed by atoms with Gasteiger partial charge in [-0.05, 0) is 18.1 Å². The summed E-state index contributed by atoms with van der Waals surface area (Å²) in [7, 11) is 0. The molecule has 0 aromatic heterocycles. The minimum Gasteiger partial charge on any atom is -0.493 e. The molecule has 0 aliphatic heterocycles. The van der Waals surface area contributed by atoms with Crippen LogP contribution < -0.4 is 4.74 Å². The lowest BCUT2D eigenvalue weighted by atomic mass is 10.2. The summed E-state index contributed by atoms with van der Waals surface area (Å²) in [5.74, 6) is 1.55. The third kappa shape index (κ3) is 7.66. The number of hydrogen-bond acceptors (Lipinski definition) is 1. The molecule has 82 valence electrons. The number of para-hydroxylation sites is 1. The topological polar surface area (TPSA) is 9.23 Å².